The van der Waals surface area contributed by atoms with E-state index in [0.29, 0.717) is 64.0 Å². The number of carboxylic acid groups (broad SMARTS) is 1. The normalized spacial score (nSPS) is 20.1. The number of aliphatic hydroxyl groups excluding tert-OH is 1. The number of unbranched alkanes of at least 4 members (excludes halogenated alkanes) is 7. The van der Waals surface area contributed by atoms with Gasteiger partial charge in [0.05, 0.1) is 12.5 Å². The molecule has 0 aromatic carbocycles. The van der Waals surface area contributed by atoms with Crippen molar-refractivity contribution in [1.29, 1.82) is 0 Å². The Bertz CT molecular complexity index is 1540. The predicted molar refractivity (Wildman–Crippen MR) is 247 cm³/mol. The average Bonchev–Trinajstić information content (AvgIpc) is 3.79. The van der Waals surface area contributed by atoms with Crippen molar-refractivity contribution < 1.29 is 48.6 Å². The molecule has 1 saturated carbocycles. The van der Waals surface area contributed by atoms with Gasteiger partial charge in [0.2, 0.25) is 41.4 Å². The molecule has 1 unspecified atom stereocenters. The standard InChI is InChI=1S/C48H83N7O10/c1-5-7-8-9-10-11-15-26-40(57)49-28-18-16-23-36(51-41(58)31-33(3)35-21-13-12-14-22-35)47(64)54-29-19-17-24-38(54)44(61)52-37(32-42(59)60)48(65)55-30-20-25-39(55)45(62)53-43(34(4)56)46(63)50-27-6-2/h33-39,43,56H,5-32H2,1-4H3,(H,49,57)(H,50,63)(H,51,58)(H,52,61)(H,53,62)(H,59,60)/t33-,34-,36+,37+,38?,39+,43+/m1/s1. The third-order valence-corrected chi connectivity index (χ3v) is 13.4. The lowest BCUT2D eigenvalue weighted by molar-refractivity contribution is -0.149. The first kappa shape index (κ1) is 55.1. The second-order valence-electron chi connectivity index (χ2n) is 18.8. The van der Waals surface area contributed by atoms with Crippen LogP contribution in [0.5, 0.6) is 0 Å². The molecule has 2 aliphatic heterocycles. The molecule has 0 aromatic heterocycles. The number of nitrogens with zero attached hydrogens (tertiary/aromatic N) is 2. The largest absolute Gasteiger partial charge is 0.481 e. The van der Waals surface area contributed by atoms with Crippen molar-refractivity contribution in [3.8, 4) is 0 Å². The predicted octanol–water partition coefficient (Wildman–Crippen LogP) is 4.23. The van der Waals surface area contributed by atoms with Crippen LogP contribution in [0.25, 0.3) is 0 Å². The Morgan fingerprint density at radius 1 is 0.585 bits per heavy atom. The van der Waals surface area contributed by atoms with Gasteiger partial charge in [0, 0.05) is 39.0 Å². The summed E-state index contributed by atoms with van der Waals surface area (Å²) in [7, 11) is 0. The van der Waals surface area contributed by atoms with Crippen molar-refractivity contribution in [2.24, 2.45) is 11.8 Å². The first-order valence-electron chi connectivity index (χ1n) is 25.1. The highest BCUT2D eigenvalue weighted by atomic mass is 16.4. The Hall–Kier alpha value is -4.28. The number of hydrogen-bond acceptors (Lipinski definition) is 9. The van der Waals surface area contributed by atoms with E-state index >= 15 is 0 Å². The van der Waals surface area contributed by atoms with Crippen LogP contribution in [-0.2, 0) is 38.4 Å². The highest BCUT2D eigenvalue weighted by Gasteiger charge is 2.42. The van der Waals surface area contributed by atoms with Gasteiger partial charge in [0.15, 0.2) is 0 Å². The fourth-order valence-electron chi connectivity index (χ4n) is 9.53. The van der Waals surface area contributed by atoms with E-state index in [4.69, 9.17) is 0 Å². The number of likely N-dealkylation sites (tertiary alicyclic amines) is 2. The van der Waals surface area contributed by atoms with Crippen LogP contribution in [0.1, 0.15) is 182 Å². The van der Waals surface area contributed by atoms with Crippen molar-refractivity contribution in [2.75, 3.05) is 26.2 Å². The summed E-state index contributed by atoms with van der Waals surface area (Å²) in [6.45, 7) is 8.58. The smallest absolute Gasteiger partial charge is 0.305 e. The fraction of sp³-hybridized carbons (Fsp3) is 0.833. The number of aliphatic hydroxyl groups is 1. The van der Waals surface area contributed by atoms with E-state index in [9.17, 15) is 48.6 Å². The number of carbonyl (C=O) groups is 8. The molecule has 3 rings (SSSR count). The molecule has 1 aliphatic carbocycles. The molecule has 370 valence electrons. The summed E-state index contributed by atoms with van der Waals surface area (Å²) < 4.78 is 0. The van der Waals surface area contributed by atoms with Crippen LogP contribution < -0.4 is 26.6 Å². The van der Waals surface area contributed by atoms with Gasteiger partial charge >= 0.3 is 5.97 Å². The average molecular weight is 918 g/mol. The number of hydrogen-bond donors (Lipinski definition) is 7. The Labute approximate surface area is 387 Å². The molecule has 17 heteroatoms. The number of piperidine rings is 1. The van der Waals surface area contributed by atoms with Crippen molar-refractivity contribution in [3.63, 3.8) is 0 Å². The summed E-state index contributed by atoms with van der Waals surface area (Å²) in [4.78, 5) is 110. The SMILES string of the molecule is CCCCCCCCCC(=O)NCCCC[C@H](NC(=O)C[C@@H](C)C1CCCCC1)C(=O)N1CCCCC1C(=O)N[C@@H](CC(=O)O)C(=O)N1CCC[C@H]1C(=O)N[C@H](C(=O)NCCC)[C@@H](C)O. The monoisotopic (exact) mass is 918 g/mol. The van der Waals surface area contributed by atoms with Crippen LogP contribution >= 0.6 is 0 Å². The number of carbonyl (C=O) groups excluding carboxylic acids is 7. The van der Waals surface area contributed by atoms with Gasteiger partial charge in [-0.15, -0.1) is 0 Å². The molecule has 65 heavy (non-hydrogen) atoms. The van der Waals surface area contributed by atoms with E-state index in [-0.39, 0.29) is 56.5 Å². The molecule has 3 aliphatic rings. The van der Waals surface area contributed by atoms with Gasteiger partial charge in [-0.2, -0.15) is 0 Å². The number of aliphatic carboxylic acids is 1. The van der Waals surface area contributed by atoms with Crippen molar-refractivity contribution in [3.05, 3.63) is 0 Å². The van der Waals surface area contributed by atoms with Crippen LogP contribution in [0.2, 0.25) is 0 Å². The van der Waals surface area contributed by atoms with Gasteiger partial charge in [-0.05, 0) is 83.0 Å². The number of nitrogens with one attached hydrogen (secondary N) is 5. The lowest BCUT2D eigenvalue weighted by atomic mass is 9.79. The van der Waals surface area contributed by atoms with Crippen molar-refractivity contribution >= 4 is 47.3 Å². The summed E-state index contributed by atoms with van der Waals surface area (Å²) >= 11 is 0. The van der Waals surface area contributed by atoms with Gasteiger partial charge in [0.1, 0.15) is 30.2 Å². The quantitative estimate of drug-likeness (QED) is 0.0527. The molecule has 0 aromatic rings. The summed E-state index contributed by atoms with van der Waals surface area (Å²) in [6, 6.07) is -5.90. The number of amides is 7. The first-order valence-corrected chi connectivity index (χ1v) is 25.1. The molecule has 0 spiro atoms. The summed E-state index contributed by atoms with van der Waals surface area (Å²) in [5, 5.41) is 33.9. The highest BCUT2D eigenvalue weighted by molar-refractivity contribution is 5.98. The summed E-state index contributed by atoms with van der Waals surface area (Å²) in [6.07, 6.45) is 16.3. The molecule has 17 nitrogen and oxygen atoms in total. The zero-order chi connectivity index (χ0) is 47.7. The van der Waals surface area contributed by atoms with Crippen molar-refractivity contribution in [2.45, 2.75) is 218 Å². The van der Waals surface area contributed by atoms with E-state index in [2.05, 4.69) is 40.4 Å². The minimum absolute atomic E-state index is 0.00150. The van der Waals surface area contributed by atoms with Crippen LogP contribution in [0.4, 0.5) is 0 Å². The second-order valence-corrected chi connectivity index (χ2v) is 18.8. The molecular formula is C48H83N7O10. The topological polar surface area (TPSA) is 244 Å². The Morgan fingerprint density at radius 2 is 1.18 bits per heavy atom. The third kappa shape index (κ3) is 19.2. The van der Waals surface area contributed by atoms with Crippen LogP contribution in [-0.4, -0.2) is 130 Å². The van der Waals surface area contributed by atoms with E-state index in [1.165, 1.54) is 48.8 Å². The van der Waals surface area contributed by atoms with Gasteiger partial charge in [0.25, 0.3) is 0 Å². The summed E-state index contributed by atoms with van der Waals surface area (Å²) in [5.74, 6) is -4.22. The van der Waals surface area contributed by atoms with Crippen LogP contribution in [0, 0.1) is 11.8 Å². The Kier molecular flexibility index (Phi) is 25.5. The maximum absolute atomic E-state index is 14.5. The molecular weight excluding hydrogens is 835 g/mol. The molecule has 7 atom stereocenters. The molecule has 2 saturated heterocycles. The highest BCUT2D eigenvalue weighted by Crippen LogP contribution is 2.31. The van der Waals surface area contributed by atoms with Crippen molar-refractivity contribution in [1.82, 2.24) is 36.4 Å². The zero-order valence-electron chi connectivity index (χ0n) is 40.0. The molecule has 7 N–H and O–H groups in total. The van der Waals surface area contributed by atoms with Gasteiger partial charge in [-0.3, -0.25) is 38.4 Å². The van der Waals surface area contributed by atoms with E-state index in [1.807, 2.05) is 6.92 Å². The maximum atomic E-state index is 14.5. The molecule has 7 amide bonds. The summed E-state index contributed by atoms with van der Waals surface area (Å²) in [5.41, 5.74) is 0. The molecule has 0 bridgehead atoms. The molecule has 3 fully saturated rings. The Balaban J connectivity index is 1.70. The zero-order valence-corrected chi connectivity index (χ0v) is 40.0. The van der Waals surface area contributed by atoms with Gasteiger partial charge in [-0.1, -0.05) is 91.4 Å². The Morgan fingerprint density at radius 3 is 1.83 bits per heavy atom. The minimum atomic E-state index is -1.56. The minimum Gasteiger partial charge on any atom is -0.481 e. The number of carboxylic acids is 1. The van der Waals surface area contributed by atoms with Crippen LogP contribution in [0.15, 0.2) is 0 Å². The molecule has 0 radical (unpaired) electrons. The lowest BCUT2D eigenvalue weighted by Gasteiger charge is -2.38. The second kappa shape index (κ2) is 30.1. The third-order valence-electron chi connectivity index (χ3n) is 13.4. The van der Waals surface area contributed by atoms with E-state index in [1.54, 1.807) is 0 Å². The number of rotatable bonds is 29. The van der Waals surface area contributed by atoms with Gasteiger partial charge < -0.3 is 46.6 Å². The van der Waals surface area contributed by atoms with E-state index in [0.717, 1.165) is 44.9 Å². The lowest BCUT2D eigenvalue weighted by Crippen LogP contribution is -2.61. The molecule has 2 heterocycles. The van der Waals surface area contributed by atoms with Gasteiger partial charge in [-0.25, -0.2) is 0 Å². The fourth-order valence-corrected chi connectivity index (χ4v) is 9.53. The van der Waals surface area contributed by atoms with Crippen LogP contribution in [0.3, 0.4) is 0 Å². The van der Waals surface area contributed by atoms with E-state index < -0.39 is 78.2 Å². The first-order chi connectivity index (χ1) is 31.2. The maximum Gasteiger partial charge on any atom is 0.305 e.